The van der Waals surface area contributed by atoms with Gasteiger partial charge in [-0.3, -0.25) is 4.98 Å². The Labute approximate surface area is 508 Å². The van der Waals surface area contributed by atoms with Gasteiger partial charge < -0.3 is 18.3 Å². The van der Waals surface area contributed by atoms with Gasteiger partial charge in [0.15, 0.2) is 0 Å². The topological polar surface area (TPSA) is 236 Å². The van der Waals surface area contributed by atoms with Gasteiger partial charge >= 0.3 is 0 Å². The van der Waals surface area contributed by atoms with E-state index in [9.17, 15) is 42.1 Å². The van der Waals surface area contributed by atoms with Gasteiger partial charge in [0.2, 0.25) is 0 Å². The van der Waals surface area contributed by atoms with Crippen LogP contribution in [0.15, 0.2) is 194 Å². The average Bonchev–Trinajstić information content (AvgIpc) is 1.60. The summed E-state index contributed by atoms with van der Waals surface area (Å²) in [6.45, 7) is 0. The molecule has 0 aliphatic rings. The highest BCUT2D eigenvalue weighted by Gasteiger charge is 2.37. The van der Waals surface area contributed by atoms with E-state index in [0.29, 0.717) is 182 Å². The second kappa shape index (κ2) is 19.5. The van der Waals surface area contributed by atoms with Gasteiger partial charge in [0.25, 0.3) is 0 Å². The van der Waals surface area contributed by atoms with Crippen LogP contribution in [-0.4, -0.2) is 28.2 Å². The number of fused-ring (bicyclic) bond motifs is 13. The largest absolute Gasteiger partial charge is 0.306 e. The second-order valence-electron chi connectivity index (χ2n) is 21.5. The number of para-hydroxylation sites is 1. The molecular weight excluding hydrogens is 1120 g/mol. The molecule has 16 rings (SSSR count). The summed E-state index contributed by atoms with van der Waals surface area (Å²) in [4.78, 5) is 10.6. The molecule has 0 fully saturated rings. The molecule has 0 bridgehead atoms. The Hall–Kier alpha value is -13.6. The summed E-state index contributed by atoms with van der Waals surface area (Å²) in [5, 5.41) is 91.1. The van der Waals surface area contributed by atoms with Crippen molar-refractivity contribution < 1.29 is 0 Å². The number of nitrogens with zero attached hydrogens (tertiary/aromatic N) is 14. The first-order chi connectivity index (χ1) is 43.8. The lowest BCUT2D eigenvalue weighted by atomic mass is 9.93. The van der Waals surface area contributed by atoms with Crippen LogP contribution in [0.5, 0.6) is 0 Å². The Morgan fingerprint density at radius 1 is 0.303 bits per heavy atom. The van der Waals surface area contributed by atoms with Crippen LogP contribution in [0.1, 0.15) is 44.5 Å². The van der Waals surface area contributed by atoms with Crippen molar-refractivity contribution in [1.82, 2.24) is 28.2 Å². The van der Waals surface area contributed by atoms with E-state index >= 15 is 0 Å². The summed E-state index contributed by atoms with van der Waals surface area (Å²) in [6, 6.07) is 75.0. The number of thiazole rings is 1. The summed E-state index contributed by atoms with van der Waals surface area (Å²) in [5.41, 5.74) is 13.3. The first kappa shape index (κ1) is 51.0. The number of hydrogen-bond acceptors (Lipinski definition) is 11. The first-order valence-corrected chi connectivity index (χ1v) is 28.6. The number of pyridine rings is 1. The molecule has 0 saturated heterocycles. The zero-order valence-electron chi connectivity index (χ0n) is 46.1. The molecule has 0 aliphatic carbocycles. The van der Waals surface area contributed by atoms with Crippen LogP contribution in [0.4, 0.5) is 0 Å². The van der Waals surface area contributed by atoms with Gasteiger partial charge in [0.1, 0.15) is 5.01 Å². The predicted molar refractivity (Wildman–Crippen MR) is 343 cm³/mol. The lowest BCUT2D eigenvalue weighted by Gasteiger charge is -2.30. The van der Waals surface area contributed by atoms with Crippen molar-refractivity contribution in [2.24, 2.45) is 0 Å². The monoisotopic (exact) mass is 1150 g/mol. The van der Waals surface area contributed by atoms with Gasteiger partial charge in [-0.2, -0.15) is 42.1 Å². The summed E-state index contributed by atoms with van der Waals surface area (Å²) >= 11 is 1.48. The summed E-state index contributed by atoms with van der Waals surface area (Å²) in [7, 11) is 0. The quantitative estimate of drug-likeness (QED) is 0.153. The van der Waals surface area contributed by atoms with Gasteiger partial charge in [0.05, 0.1) is 176 Å². The fourth-order valence-corrected chi connectivity index (χ4v) is 14.2. The third-order valence-electron chi connectivity index (χ3n) is 16.8. The zero-order valence-corrected chi connectivity index (χ0v) is 47.0. The van der Waals surface area contributed by atoms with E-state index in [-0.39, 0.29) is 0 Å². The van der Waals surface area contributed by atoms with Crippen LogP contribution >= 0.6 is 11.3 Å². The molecule has 0 unspecified atom stereocenters. The van der Waals surface area contributed by atoms with Gasteiger partial charge in [-0.15, -0.1) is 11.3 Å². The molecule has 6 aromatic heterocycles. The Morgan fingerprint density at radius 2 is 0.584 bits per heavy atom. The lowest BCUT2D eigenvalue weighted by Crippen LogP contribution is -2.16. The highest BCUT2D eigenvalue weighted by molar-refractivity contribution is 7.21. The Kier molecular flexibility index (Phi) is 11.2. The van der Waals surface area contributed by atoms with Gasteiger partial charge in [-0.05, 0) is 164 Å². The van der Waals surface area contributed by atoms with E-state index in [0.717, 1.165) is 4.70 Å². The smallest absolute Gasteiger partial charge is 0.129 e. The standard InChI is InChI=1S/C74H32N14S/c75-32-41-7-15-59-50(24-41)51-25-42(33-76)8-16-60(51)85(59)70-68(49-4-3-23-83-40-49)71(86-61-17-9-43(34-77)26-52(61)53-27-44(35-78)10-18-62(53)86)73(88-65-21-13-47(38-81)30-56(65)57-31-48(39-82)14-22-66(57)88)69(74-84-58-5-1-2-6-67(58)89-74)72(70)87-63-19-11-45(36-79)28-54(63)55-29-46(37-80)12-20-64(55)87/h1-31,40H. The molecular formula is C74H32N14S. The molecule has 89 heavy (non-hydrogen) atoms. The highest BCUT2D eigenvalue weighted by Crippen LogP contribution is 2.55. The fourth-order valence-electron chi connectivity index (χ4n) is 13.1. The first-order valence-electron chi connectivity index (χ1n) is 27.8. The van der Waals surface area contributed by atoms with Crippen molar-refractivity contribution in [3.8, 4) is 93.0 Å². The summed E-state index contributed by atoms with van der Waals surface area (Å²) < 4.78 is 9.59. The van der Waals surface area contributed by atoms with Crippen molar-refractivity contribution in [2.45, 2.75) is 0 Å². The second-order valence-corrected chi connectivity index (χ2v) is 22.5. The Balaban J connectivity index is 1.31. The molecule has 0 atom stereocenters. The van der Waals surface area contributed by atoms with E-state index in [1.807, 2.05) is 140 Å². The van der Waals surface area contributed by atoms with Crippen LogP contribution in [0.25, 0.3) is 142 Å². The predicted octanol–water partition coefficient (Wildman–Crippen LogP) is 16.4. The highest BCUT2D eigenvalue weighted by atomic mass is 32.1. The maximum absolute atomic E-state index is 10.6. The average molecular weight is 1150 g/mol. The van der Waals surface area contributed by atoms with Crippen molar-refractivity contribution >= 4 is 109 Å². The molecule has 0 spiro atoms. The van der Waals surface area contributed by atoms with Crippen molar-refractivity contribution in [3.05, 3.63) is 239 Å². The molecule has 15 heteroatoms. The fraction of sp³-hybridized carbons (Fsp3) is 0. The van der Waals surface area contributed by atoms with Crippen molar-refractivity contribution in [3.63, 3.8) is 0 Å². The third kappa shape index (κ3) is 7.40. The Morgan fingerprint density at radius 3 is 0.843 bits per heavy atom. The van der Waals surface area contributed by atoms with E-state index < -0.39 is 0 Å². The maximum atomic E-state index is 10.6. The minimum Gasteiger partial charge on any atom is -0.306 e. The van der Waals surface area contributed by atoms with Crippen LogP contribution < -0.4 is 0 Å². The van der Waals surface area contributed by atoms with Gasteiger partial charge in [-0.25, -0.2) is 4.98 Å². The lowest BCUT2D eigenvalue weighted by molar-refractivity contribution is 1.05. The maximum Gasteiger partial charge on any atom is 0.129 e. The Bertz CT molecular complexity index is 5650. The molecule has 16 aromatic rings. The minimum absolute atomic E-state index is 0.394. The number of nitriles is 8. The number of aromatic nitrogens is 6. The number of benzene rings is 10. The molecule has 404 valence electrons. The van der Waals surface area contributed by atoms with Gasteiger partial charge in [0, 0.05) is 66.6 Å². The van der Waals surface area contributed by atoms with Crippen molar-refractivity contribution in [2.75, 3.05) is 0 Å². The van der Waals surface area contributed by atoms with Crippen LogP contribution in [0.3, 0.4) is 0 Å². The SMILES string of the molecule is N#Cc1ccc2c(c1)c1cc(C#N)ccc1n2-c1c(-c2cccnc2)c(-n2c3ccc(C#N)cc3c3cc(C#N)ccc32)c(-n2c3ccc(C#N)cc3c3cc(C#N)ccc32)c(-c2nc3ccccc3s2)c1-n1c2ccc(C#N)cc2c2cc(C#N)ccc21. The molecule has 0 amide bonds. The number of rotatable bonds is 6. The van der Waals surface area contributed by atoms with E-state index in [1.165, 1.54) is 11.3 Å². The van der Waals surface area contributed by atoms with E-state index in [4.69, 9.17) is 9.97 Å². The van der Waals surface area contributed by atoms with Crippen LogP contribution in [0.2, 0.25) is 0 Å². The van der Waals surface area contributed by atoms with Gasteiger partial charge in [-0.1, -0.05) is 18.2 Å². The molecule has 6 heterocycles. The third-order valence-corrected chi connectivity index (χ3v) is 17.9. The van der Waals surface area contributed by atoms with E-state index in [2.05, 4.69) is 66.8 Å². The molecule has 0 N–H and O–H groups in total. The van der Waals surface area contributed by atoms with E-state index in [1.54, 1.807) is 54.7 Å². The normalized spacial score (nSPS) is 11.3. The van der Waals surface area contributed by atoms with Crippen LogP contribution in [-0.2, 0) is 0 Å². The summed E-state index contributed by atoms with van der Waals surface area (Å²) in [6.07, 6.45) is 3.52. The molecule has 14 nitrogen and oxygen atoms in total. The molecule has 0 aliphatic heterocycles. The molecule has 0 saturated carbocycles. The minimum atomic E-state index is 0.394. The zero-order chi connectivity index (χ0) is 60.3. The summed E-state index contributed by atoms with van der Waals surface area (Å²) in [5.74, 6) is 0. The molecule has 10 aromatic carbocycles. The van der Waals surface area contributed by atoms with Crippen molar-refractivity contribution in [1.29, 1.82) is 42.1 Å². The molecule has 0 radical (unpaired) electrons. The van der Waals surface area contributed by atoms with Crippen LogP contribution in [0, 0.1) is 90.6 Å². The number of hydrogen-bond donors (Lipinski definition) is 0.